The zero-order valence-corrected chi connectivity index (χ0v) is 35.9. The number of imide groups is 1. The van der Waals surface area contributed by atoms with Crippen molar-refractivity contribution in [3.8, 4) is 0 Å². The highest BCUT2D eigenvalue weighted by Crippen LogP contribution is 2.29. The fourth-order valence-electron chi connectivity index (χ4n) is 6.51. The van der Waals surface area contributed by atoms with Crippen molar-refractivity contribution in [3.63, 3.8) is 0 Å². The van der Waals surface area contributed by atoms with Gasteiger partial charge in [-0.2, -0.15) is 0 Å². The van der Waals surface area contributed by atoms with Crippen molar-refractivity contribution in [3.05, 3.63) is 47.5 Å². The predicted molar refractivity (Wildman–Crippen MR) is 219 cm³/mol. The summed E-state index contributed by atoms with van der Waals surface area (Å²) in [6, 6.07) is 4.42. The molecule has 17 nitrogen and oxygen atoms in total. The second kappa shape index (κ2) is 21.3. The molecule has 0 aromatic heterocycles. The molecule has 1 fully saturated rings. The molecule has 322 valence electrons. The van der Waals surface area contributed by atoms with E-state index in [0.29, 0.717) is 0 Å². The molecule has 58 heavy (non-hydrogen) atoms. The second-order valence-corrected chi connectivity index (χ2v) is 17.7. The Hall–Kier alpha value is -4.81. The average Bonchev–Trinajstić information content (AvgIpc) is 3.41. The molecule has 0 bridgehead atoms. The lowest BCUT2D eigenvalue weighted by Crippen LogP contribution is -2.61. The van der Waals surface area contributed by atoms with Gasteiger partial charge in [0.25, 0.3) is 0 Å². The van der Waals surface area contributed by atoms with Crippen molar-refractivity contribution in [2.45, 2.75) is 109 Å². The van der Waals surface area contributed by atoms with Gasteiger partial charge in [-0.15, -0.1) is 11.8 Å². The molecule has 1 aliphatic heterocycles. The van der Waals surface area contributed by atoms with E-state index in [1.165, 1.54) is 17.9 Å². The predicted octanol–water partition coefficient (Wildman–Crippen LogP) is 0.861. The van der Waals surface area contributed by atoms with Crippen LogP contribution in [-0.2, 0) is 43.8 Å². The number of benzene rings is 1. The van der Waals surface area contributed by atoms with Gasteiger partial charge in [-0.25, -0.2) is 4.79 Å². The SMILES string of the molecule is CN[C@H](C(=O)NC(C(=O)N(C)[C@H](/C=C(\C)C(=O)N[C@@H](CC(=O)NCCN1C(=O)CC(SC[C@H](N)C(=O)O)C1=O)C(=O)O)C(C)C)C(C)(C)C)C(C)(C)c1ccccc1. The van der Waals surface area contributed by atoms with E-state index in [0.717, 1.165) is 22.2 Å². The Morgan fingerprint density at radius 2 is 1.59 bits per heavy atom. The molecule has 1 aromatic carbocycles. The Bertz CT molecular complexity index is 1710. The molecule has 1 aliphatic rings. The molecule has 18 heteroatoms. The number of carbonyl (C=O) groups excluding carboxylic acids is 6. The molecule has 6 amide bonds. The molecule has 6 atom stereocenters. The van der Waals surface area contributed by atoms with E-state index in [9.17, 15) is 43.5 Å². The van der Waals surface area contributed by atoms with Gasteiger partial charge in [0.1, 0.15) is 18.1 Å². The van der Waals surface area contributed by atoms with Crippen LogP contribution in [0.3, 0.4) is 0 Å². The van der Waals surface area contributed by atoms with Crippen molar-refractivity contribution >= 4 is 59.1 Å². The van der Waals surface area contributed by atoms with Gasteiger partial charge in [-0.3, -0.25) is 38.5 Å². The molecule has 0 spiro atoms. The number of nitrogens with one attached hydrogen (secondary N) is 4. The van der Waals surface area contributed by atoms with E-state index < -0.39 is 94.2 Å². The van der Waals surface area contributed by atoms with Gasteiger partial charge in [0, 0.05) is 43.3 Å². The van der Waals surface area contributed by atoms with Crippen LogP contribution >= 0.6 is 11.8 Å². The first kappa shape index (κ1) is 49.3. The molecule has 0 radical (unpaired) electrons. The van der Waals surface area contributed by atoms with Crippen LogP contribution in [0.2, 0.25) is 0 Å². The number of hydrogen-bond donors (Lipinski definition) is 7. The summed E-state index contributed by atoms with van der Waals surface area (Å²) >= 11 is 0.957. The Labute approximate surface area is 344 Å². The minimum Gasteiger partial charge on any atom is -0.480 e. The Morgan fingerprint density at radius 1 is 0.983 bits per heavy atom. The van der Waals surface area contributed by atoms with Gasteiger partial charge in [0.2, 0.25) is 35.4 Å². The number of thioether (sulfide) groups is 1. The normalized spacial score (nSPS) is 17.6. The third kappa shape index (κ3) is 13.4. The van der Waals surface area contributed by atoms with Crippen molar-refractivity contribution in [2.24, 2.45) is 17.1 Å². The Balaban J connectivity index is 2.11. The summed E-state index contributed by atoms with van der Waals surface area (Å²) in [6.45, 7) is 14.2. The lowest BCUT2D eigenvalue weighted by Gasteiger charge is -2.40. The minimum absolute atomic E-state index is 0.0724. The lowest BCUT2D eigenvalue weighted by atomic mass is 9.76. The van der Waals surface area contributed by atoms with Gasteiger partial charge in [-0.05, 0) is 30.9 Å². The number of hydrogen-bond acceptors (Lipinski definition) is 11. The quantitative estimate of drug-likeness (QED) is 0.0671. The van der Waals surface area contributed by atoms with Crippen LogP contribution in [0.5, 0.6) is 0 Å². The van der Waals surface area contributed by atoms with E-state index >= 15 is 0 Å². The number of likely N-dealkylation sites (tertiary alicyclic amines) is 1. The summed E-state index contributed by atoms with van der Waals surface area (Å²) in [7, 11) is 3.26. The van der Waals surface area contributed by atoms with Crippen LogP contribution in [0.4, 0.5) is 0 Å². The zero-order chi connectivity index (χ0) is 44.3. The number of likely N-dealkylation sites (N-methyl/N-ethyl adjacent to an activating group) is 2. The fraction of sp³-hybridized carbons (Fsp3) is 0.600. The highest BCUT2D eigenvalue weighted by atomic mass is 32.2. The molecule has 1 saturated heterocycles. The van der Waals surface area contributed by atoms with Crippen molar-refractivity contribution in [1.29, 1.82) is 0 Å². The van der Waals surface area contributed by atoms with Crippen LogP contribution < -0.4 is 27.0 Å². The monoisotopic (exact) mass is 831 g/mol. The molecular weight excluding hydrogens is 771 g/mol. The van der Waals surface area contributed by atoms with E-state index in [1.54, 1.807) is 14.1 Å². The number of rotatable bonds is 21. The van der Waals surface area contributed by atoms with E-state index in [-0.39, 0.29) is 42.7 Å². The summed E-state index contributed by atoms with van der Waals surface area (Å²) in [5.74, 6) is -6.37. The molecule has 1 heterocycles. The van der Waals surface area contributed by atoms with Crippen LogP contribution in [0.1, 0.15) is 73.8 Å². The maximum atomic E-state index is 14.2. The zero-order valence-electron chi connectivity index (χ0n) is 35.1. The second-order valence-electron chi connectivity index (χ2n) is 16.4. The van der Waals surface area contributed by atoms with E-state index in [4.69, 9.17) is 10.8 Å². The highest BCUT2D eigenvalue weighted by Gasteiger charge is 2.42. The first-order chi connectivity index (χ1) is 26.8. The fourth-order valence-corrected chi connectivity index (χ4v) is 7.62. The number of carboxylic acids is 2. The van der Waals surface area contributed by atoms with Crippen LogP contribution in [0.15, 0.2) is 42.0 Å². The number of amides is 6. The first-order valence-corrected chi connectivity index (χ1v) is 20.1. The number of carboxylic acid groups (broad SMARTS) is 2. The standard InChI is InChI=1S/C40H61N7O10S/c1-22(2)27(46(10)36(53)32(39(4,5)6)45-34(51)31(42-9)40(7,8)24-14-12-11-13-15-24)18-23(3)33(50)44-26(38(56)57)19-29(48)43-16-17-47-30(49)20-28(35(47)52)58-21-25(41)37(54)55/h11-15,18,22,25-28,31-32,42H,16-17,19-21,41H2,1-10H3,(H,43,48)(H,44,50)(H,45,51)(H,54,55)(H,56,57)/b23-18+/t25-,26-,27+,28?,31+,32?/m0/s1. The van der Waals surface area contributed by atoms with E-state index in [2.05, 4.69) is 21.3 Å². The van der Waals surface area contributed by atoms with Gasteiger partial charge < -0.3 is 42.1 Å². The third-order valence-corrected chi connectivity index (χ3v) is 11.4. The minimum atomic E-state index is -1.64. The largest absolute Gasteiger partial charge is 0.480 e. The van der Waals surface area contributed by atoms with Crippen molar-refractivity contribution < 1.29 is 48.6 Å². The molecule has 0 saturated carbocycles. The molecule has 2 rings (SSSR count). The van der Waals surface area contributed by atoms with Gasteiger partial charge >= 0.3 is 11.9 Å². The van der Waals surface area contributed by atoms with Crippen molar-refractivity contribution in [2.75, 3.05) is 32.9 Å². The highest BCUT2D eigenvalue weighted by molar-refractivity contribution is 8.00. The number of carbonyl (C=O) groups is 8. The topological polar surface area (TPSA) is 258 Å². The maximum Gasteiger partial charge on any atom is 0.326 e. The molecule has 2 unspecified atom stereocenters. The molecule has 0 aliphatic carbocycles. The molecule has 8 N–H and O–H groups in total. The van der Waals surface area contributed by atoms with Crippen LogP contribution in [0.25, 0.3) is 0 Å². The average molecular weight is 832 g/mol. The summed E-state index contributed by atoms with van der Waals surface area (Å²) < 4.78 is 0. The van der Waals surface area contributed by atoms with Crippen LogP contribution in [-0.4, -0.2) is 136 Å². The van der Waals surface area contributed by atoms with Gasteiger partial charge in [-0.1, -0.05) is 84.9 Å². The molecular formula is C40H61N7O10S. The smallest absolute Gasteiger partial charge is 0.326 e. The lowest BCUT2D eigenvalue weighted by molar-refractivity contribution is -0.143. The van der Waals surface area contributed by atoms with Crippen molar-refractivity contribution in [1.82, 2.24) is 31.1 Å². The summed E-state index contributed by atoms with van der Waals surface area (Å²) in [4.78, 5) is 105. The molecule has 1 aromatic rings. The summed E-state index contributed by atoms with van der Waals surface area (Å²) in [5, 5.41) is 28.9. The Morgan fingerprint density at radius 3 is 2.10 bits per heavy atom. The third-order valence-electron chi connectivity index (χ3n) is 10.1. The van der Waals surface area contributed by atoms with Gasteiger partial charge in [0.05, 0.1) is 23.8 Å². The first-order valence-electron chi connectivity index (χ1n) is 19.1. The summed E-state index contributed by atoms with van der Waals surface area (Å²) in [5.41, 5.74) is 5.14. The number of nitrogens with two attached hydrogens (primary N) is 1. The van der Waals surface area contributed by atoms with Crippen LogP contribution in [0, 0.1) is 11.3 Å². The Kier molecular flexibility index (Phi) is 18.1. The number of aliphatic carboxylic acids is 2. The summed E-state index contributed by atoms with van der Waals surface area (Å²) in [6.07, 6.45) is 0.734. The number of nitrogens with zero attached hydrogens (tertiary/aromatic N) is 2. The van der Waals surface area contributed by atoms with Gasteiger partial charge in [0.15, 0.2) is 0 Å². The maximum absolute atomic E-state index is 14.2. The van der Waals surface area contributed by atoms with E-state index in [1.807, 2.05) is 78.8 Å².